The van der Waals surface area contributed by atoms with Gasteiger partial charge in [0.15, 0.2) is 0 Å². The zero-order chi connectivity index (χ0) is 10.4. The van der Waals surface area contributed by atoms with Crippen LogP contribution < -0.4 is 4.74 Å². The molecular formula is C11H16O2S. The lowest BCUT2D eigenvalue weighted by atomic mass is 10.3. The van der Waals surface area contributed by atoms with E-state index in [2.05, 4.69) is 6.07 Å². The predicted octanol–water partition coefficient (Wildman–Crippen LogP) is 2.56. The van der Waals surface area contributed by atoms with Crippen molar-refractivity contribution in [1.29, 1.82) is 0 Å². The third-order valence-corrected chi connectivity index (χ3v) is 2.87. The van der Waals surface area contributed by atoms with Crippen molar-refractivity contribution in [3.63, 3.8) is 0 Å². The van der Waals surface area contributed by atoms with E-state index in [-0.39, 0.29) is 6.10 Å². The molecule has 0 aromatic heterocycles. The smallest absolute Gasteiger partial charge is 0.119 e. The van der Waals surface area contributed by atoms with E-state index in [0.717, 1.165) is 17.9 Å². The molecule has 1 rings (SSSR count). The van der Waals surface area contributed by atoms with E-state index in [9.17, 15) is 0 Å². The molecule has 2 nitrogen and oxygen atoms in total. The zero-order valence-electron chi connectivity index (χ0n) is 8.56. The Morgan fingerprint density at radius 1 is 1.50 bits per heavy atom. The Morgan fingerprint density at radius 3 is 2.93 bits per heavy atom. The second kappa shape index (κ2) is 5.94. The topological polar surface area (TPSA) is 29.5 Å². The van der Waals surface area contributed by atoms with Gasteiger partial charge in [0.25, 0.3) is 0 Å². The molecule has 0 aliphatic rings. The molecule has 1 aromatic carbocycles. The largest absolute Gasteiger partial charge is 0.497 e. The Labute approximate surface area is 89.3 Å². The van der Waals surface area contributed by atoms with Crippen LogP contribution in [0.4, 0.5) is 0 Å². The van der Waals surface area contributed by atoms with E-state index in [1.807, 2.05) is 25.1 Å². The van der Waals surface area contributed by atoms with Crippen LogP contribution in [0.1, 0.15) is 13.3 Å². The number of aliphatic hydroxyl groups is 1. The molecule has 1 N–H and O–H groups in total. The Kier molecular flexibility index (Phi) is 4.84. The van der Waals surface area contributed by atoms with Crippen LogP contribution in [0.25, 0.3) is 0 Å². The first-order valence-electron chi connectivity index (χ1n) is 4.67. The van der Waals surface area contributed by atoms with Crippen LogP contribution >= 0.6 is 11.8 Å². The Hall–Kier alpha value is -0.670. The van der Waals surface area contributed by atoms with Gasteiger partial charge in [0, 0.05) is 10.6 Å². The van der Waals surface area contributed by atoms with E-state index in [4.69, 9.17) is 9.84 Å². The third-order valence-electron chi connectivity index (χ3n) is 1.85. The fourth-order valence-electron chi connectivity index (χ4n) is 1.04. The Bertz CT molecular complexity index is 274. The monoisotopic (exact) mass is 212 g/mol. The molecule has 3 heteroatoms. The highest BCUT2D eigenvalue weighted by atomic mass is 32.2. The fraction of sp³-hybridized carbons (Fsp3) is 0.455. The van der Waals surface area contributed by atoms with E-state index in [0.29, 0.717) is 0 Å². The van der Waals surface area contributed by atoms with E-state index < -0.39 is 0 Å². The lowest BCUT2D eigenvalue weighted by Crippen LogP contribution is -2.00. The highest BCUT2D eigenvalue weighted by molar-refractivity contribution is 7.99. The highest BCUT2D eigenvalue weighted by Crippen LogP contribution is 2.23. The fourth-order valence-corrected chi connectivity index (χ4v) is 2.11. The highest BCUT2D eigenvalue weighted by Gasteiger charge is 1.99. The molecule has 0 amide bonds. The molecule has 0 spiro atoms. The minimum atomic E-state index is -0.215. The summed E-state index contributed by atoms with van der Waals surface area (Å²) in [7, 11) is 1.67. The van der Waals surface area contributed by atoms with Crippen molar-refractivity contribution in [2.45, 2.75) is 24.3 Å². The quantitative estimate of drug-likeness (QED) is 0.761. The van der Waals surface area contributed by atoms with Gasteiger partial charge < -0.3 is 9.84 Å². The standard InChI is InChI=1S/C11H16O2S/c1-9(12)6-7-14-11-5-3-4-10(8-11)13-2/h3-5,8-9,12H,6-7H2,1-2H3. The first-order chi connectivity index (χ1) is 6.72. The molecule has 0 radical (unpaired) electrons. The molecule has 1 unspecified atom stereocenters. The normalized spacial score (nSPS) is 12.5. The van der Waals surface area contributed by atoms with Gasteiger partial charge in [-0.2, -0.15) is 0 Å². The number of aliphatic hydroxyl groups excluding tert-OH is 1. The molecule has 0 heterocycles. The minimum absolute atomic E-state index is 0.215. The van der Waals surface area contributed by atoms with Crippen molar-refractivity contribution in [3.8, 4) is 5.75 Å². The van der Waals surface area contributed by atoms with Gasteiger partial charge in [0.1, 0.15) is 5.75 Å². The van der Waals surface area contributed by atoms with Gasteiger partial charge in [0.05, 0.1) is 13.2 Å². The summed E-state index contributed by atoms with van der Waals surface area (Å²) in [5.41, 5.74) is 0. The van der Waals surface area contributed by atoms with Gasteiger partial charge in [-0.1, -0.05) is 6.07 Å². The van der Waals surface area contributed by atoms with Crippen molar-refractivity contribution in [2.24, 2.45) is 0 Å². The SMILES string of the molecule is COc1cccc(SCCC(C)O)c1. The maximum atomic E-state index is 9.09. The molecule has 0 fully saturated rings. The number of methoxy groups -OCH3 is 1. The van der Waals surface area contributed by atoms with Gasteiger partial charge in [-0.25, -0.2) is 0 Å². The molecule has 1 atom stereocenters. The molecule has 0 bridgehead atoms. The average Bonchev–Trinajstić information content (AvgIpc) is 2.18. The number of ether oxygens (including phenoxy) is 1. The van der Waals surface area contributed by atoms with Crippen molar-refractivity contribution in [3.05, 3.63) is 24.3 Å². The summed E-state index contributed by atoms with van der Waals surface area (Å²) in [5.74, 6) is 1.82. The number of rotatable bonds is 5. The minimum Gasteiger partial charge on any atom is -0.497 e. The van der Waals surface area contributed by atoms with Gasteiger partial charge in [-0.3, -0.25) is 0 Å². The van der Waals surface area contributed by atoms with Gasteiger partial charge >= 0.3 is 0 Å². The number of benzene rings is 1. The van der Waals surface area contributed by atoms with Gasteiger partial charge in [-0.15, -0.1) is 11.8 Å². The summed E-state index contributed by atoms with van der Waals surface area (Å²) < 4.78 is 5.12. The number of hydrogen-bond donors (Lipinski definition) is 1. The summed E-state index contributed by atoms with van der Waals surface area (Å²) in [6.45, 7) is 1.81. The van der Waals surface area contributed by atoms with Crippen molar-refractivity contribution in [2.75, 3.05) is 12.9 Å². The zero-order valence-corrected chi connectivity index (χ0v) is 9.38. The van der Waals surface area contributed by atoms with Crippen LogP contribution in [-0.4, -0.2) is 24.1 Å². The average molecular weight is 212 g/mol. The molecule has 0 aliphatic heterocycles. The van der Waals surface area contributed by atoms with Crippen molar-refractivity contribution < 1.29 is 9.84 Å². The molecular weight excluding hydrogens is 196 g/mol. The van der Waals surface area contributed by atoms with Crippen LogP contribution in [0.5, 0.6) is 5.75 Å². The summed E-state index contributed by atoms with van der Waals surface area (Å²) in [5, 5.41) is 9.09. The molecule has 78 valence electrons. The van der Waals surface area contributed by atoms with Gasteiger partial charge in [-0.05, 0) is 31.5 Å². The molecule has 0 saturated carbocycles. The summed E-state index contributed by atoms with van der Waals surface area (Å²) >= 11 is 1.74. The predicted molar refractivity (Wildman–Crippen MR) is 60.0 cm³/mol. The summed E-state index contributed by atoms with van der Waals surface area (Å²) in [6.07, 6.45) is 0.607. The van der Waals surface area contributed by atoms with E-state index in [1.165, 1.54) is 4.90 Å². The number of thioether (sulfide) groups is 1. The van der Waals surface area contributed by atoms with Crippen LogP contribution in [0.2, 0.25) is 0 Å². The van der Waals surface area contributed by atoms with Crippen LogP contribution in [-0.2, 0) is 0 Å². The van der Waals surface area contributed by atoms with Crippen LogP contribution in [0.15, 0.2) is 29.2 Å². The lowest BCUT2D eigenvalue weighted by molar-refractivity contribution is 0.192. The Balaban J connectivity index is 2.42. The van der Waals surface area contributed by atoms with Crippen LogP contribution in [0, 0.1) is 0 Å². The second-order valence-electron chi connectivity index (χ2n) is 3.17. The first kappa shape index (κ1) is 11.4. The summed E-state index contributed by atoms with van der Waals surface area (Å²) in [4.78, 5) is 1.19. The third kappa shape index (κ3) is 4.03. The Morgan fingerprint density at radius 2 is 2.29 bits per heavy atom. The molecule has 14 heavy (non-hydrogen) atoms. The molecule has 1 aromatic rings. The number of hydrogen-bond acceptors (Lipinski definition) is 3. The van der Waals surface area contributed by atoms with Crippen molar-refractivity contribution in [1.82, 2.24) is 0 Å². The van der Waals surface area contributed by atoms with Crippen LogP contribution in [0.3, 0.4) is 0 Å². The van der Waals surface area contributed by atoms with E-state index in [1.54, 1.807) is 18.9 Å². The first-order valence-corrected chi connectivity index (χ1v) is 5.66. The second-order valence-corrected chi connectivity index (χ2v) is 4.33. The molecule has 0 aliphatic carbocycles. The summed E-state index contributed by atoms with van der Waals surface area (Å²) in [6, 6.07) is 7.96. The van der Waals surface area contributed by atoms with E-state index >= 15 is 0 Å². The maximum absolute atomic E-state index is 9.09. The molecule has 0 saturated heterocycles. The van der Waals surface area contributed by atoms with Crippen molar-refractivity contribution >= 4 is 11.8 Å². The van der Waals surface area contributed by atoms with Gasteiger partial charge in [0.2, 0.25) is 0 Å². The maximum Gasteiger partial charge on any atom is 0.119 e. The lowest BCUT2D eigenvalue weighted by Gasteiger charge is -2.05.